The first-order valence-electron chi connectivity index (χ1n) is 11.2. The second-order valence-corrected chi connectivity index (χ2v) is 8.60. The lowest BCUT2D eigenvalue weighted by molar-refractivity contribution is 0.230. The highest BCUT2D eigenvalue weighted by Crippen LogP contribution is 2.39. The molecule has 2 fully saturated rings. The van der Waals surface area contributed by atoms with Gasteiger partial charge in [-0.05, 0) is 56.9 Å². The van der Waals surface area contributed by atoms with Crippen LogP contribution in [0.2, 0.25) is 0 Å². The molecule has 164 valence electrons. The van der Waals surface area contributed by atoms with E-state index in [2.05, 4.69) is 32.4 Å². The van der Waals surface area contributed by atoms with Crippen LogP contribution < -0.4 is 10.6 Å². The number of piperazine rings is 1. The molecule has 0 radical (unpaired) electrons. The fraction of sp³-hybridized carbons (Fsp3) is 0.440. The summed E-state index contributed by atoms with van der Waals surface area (Å²) in [7, 11) is 0. The van der Waals surface area contributed by atoms with Crippen molar-refractivity contribution in [1.29, 1.82) is 0 Å². The minimum absolute atomic E-state index is 0.165. The van der Waals surface area contributed by atoms with E-state index in [9.17, 15) is 0 Å². The molecule has 31 heavy (non-hydrogen) atoms. The fourth-order valence-corrected chi connectivity index (χ4v) is 4.11. The number of benzene rings is 1. The van der Waals surface area contributed by atoms with Crippen LogP contribution >= 0.6 is 0 Å². The zero-order valence-corrected chi connectivity index (χ0v) is 18.7. The first-order valence-corrected chi connectivity index (χ1v) is 11.2. The molecule has 1 saturated heterocycles. The minimum Gasteiger partial charge on any atom is -0.379 e. The van der Waals surface area contributed by atoms with Crippen molar-refractivity contribution < 1.29 is 4.39 Å². The van der Waals surface area contributed by atoms with Crippen LogP contribution in [-0.2, 0) is 6.54 Å². The molecule has 2 heterocycles. The first-order chi connectivity index (χ1) is 15.0. The van der Waals surface area contributed by atoms with Gasteiger partial charge >= 0.3 is 0 Å². The van der Waals surface area contributed by atoms with Crippen molar-refractivity contribution in [2.75, 3.05) is 19.6 Å². The molecule has 1 saturated carbocycles. The summed E-state index contributed by atoms with van der Waals surface area (Å²) in [6.07, 6.45) is 10.2. The van der Waals surface area contributed by atoms with E-state index in [4.69, 9.17) is 0 Å². The predicted octanol–water partition coefficient (Wildman–Crippen LogP) is 4.60. The van der Waals surface area contributed by atoms with Gasteiger partial charge in [0, 0.05) is 44.1 Å². The van der Waals surface area contributed by atoms with Gasteiger partial charge in [0.15, 0.2) is 0 Å². The molecule has 1 aliphatic carbocycles. The lowest BCUT2D eigenvalue weighted by Crippen LogP contribution is -2.52. The van der Waals surface area contributed by atoms with Crippen LogP contribution in [-0.4, -0.2) is 40.0 Å². The monoisotopic (exact) mass is 421 g/mol. The topological polar surface area (TPSA) is 53.1 Å². The lowest BCUT2D eigenvalue weighted by Gasteiger charge is -2.38. The van der Waals surface area contributed by atoms with Gasteiger partial charge in [0.2, 0.25) is 0 Å². The molecule has 4 rings (SSSR count). The van der Waals surface area contributed by atoms with Crippen molar-refractivity contribution in [3.63, 3.8) is 0 Å². The van der Waals surface area contributed by atoms with E-state index in [1.165, 1.54) is 12.8 Å². The molecule has 6 heteroatoms. The molecule has 0 unspecified atom stereocenters. The van der Waals surface area contributed by atoms with E-state index < -0.39 is 0 Å². The molecule has 2 N–H and O–H groups in total. The molecular weight excluding hydrogens is 389 g/mol. The summed E-state index contributed by atoms with van der Waals surface area (Å²) in [5.74, 6) is -0.165. The molecule has 1 spiro atoms. The van der Waals surface area contributed by atoms with Crippen molar-refractivity contribution in [2.24, 2.45) is 0 Å². The van der Waals surface area contributed by atoms with E-state index >= 15 is 4.39 Å². The van der Waals surface area contributed by atoms with Gasteiger partial charge < -0.3 is 15.5 Å². The second-order valence-electron chi connectivity index (χ2n) is 8.60. The smallest absolute Gasteiger partial charge is 0.148 e. The zero-order valence-electron chi connectivity index (χ0n) is 18.7. The largest absolute Gasteiger partial charge is 0.379 e. The van der Waals surface area contributed by atoms with Crippen molar-refractivity contribution >= 4 is 11.0 Å². The average Bonchev–Trinajstić information content (AvgIpc) is 3.54. The minimum atomic E-state index is -0.165. The Bertz CT molecular complexity index is 1040. The highest BCUT2D eigenvalue weighted by atomic mass is 19.1. The SMILES string of the molecule is C\C=C(NCc1ccc2nccnc2c1)/C(=C(F)\C=C(/C)CC)N1CCNC2(CC2)C1. The number of hydrogen-bond acceptors (Lipinski definition) is 5. The van der Waals surface area contributed by atoms with Gasteiger partial charge in [0.05, 0.1) is 22.4 Å². The second kappa shape index (κ2) is 9.18. The third-order valence-electron chi connectivity index (χ3n) is 6.26. The van der Waals surface area contributed by atoms with Crippen molar-refractivity contribution in [3.8, 4) is 0 Å². The Hall–Kier alpha value is -2.73. The molecule has 1 aliphatic heterocycles. The Balaban J connectivity index is 1.59. The first kappa shape index (κ1) is 21.5. The van der Waals surface area contributed by atoms with Crippen LogP contribution in [0.25, 0.3) is 11.0 Å². The Morgan fingerprint density at radius 1 is 1.26 bits per heavy atom. The fourth-order valence-electron chi connectivity index (χ4n) is 4.11. The summed E-state index contributed by atoms with van der Waals surface area (Å²) in [6, 6.07) is 6.06. The number of hydrogen-bond donors (Lipinski definition) is 2. The van der Waals surface area contributed by atoms with E-state index in [1.807, 2.05) is 38.1 Å². The van der Waals surface area contributed by atoms with Gasteiger partial charge in [0.25, 0.3) is 0 Å². The van der Waals surface area contributed by atoms with Gasteiger partial charge in [-0.3, -0.25) is 9.97 Å². The highest BCUT2D eigenvalue weighted by Gasteiger charge is 2.46. The van der Waals surface area contributed by atoms with Crippen molar-refractivity contribution in [3.05, 3.63) is 71.1 Å². The Labute approximate surface area is 184 Å². The number of fused-ring (bicyclic) bond motifs is 1. The third kappa shape index (κ3) is 4.96. The van der Waals surface area contributed by atoms with Crippen LogP contribution in [0.5, 0.6) is 0 Å². The Morgan fingerprint density at radius 3 is 2.74 bits per heavy atom. The lowest BCUT2D eigenvalue weighted by atomic mass is 10.1. The molecule has 1 aromatic heterocycles. The predicted molar refractivity (Wildman–Crippen MR) is 124 cm³/mol. The summed E-state index contributed by atoms with van der Waals surface area (Å²) in [5, 5.41) is 7.11. The summed E-state index contributed by atoms with van der Waals surface area (Å²) in [4.78, 5) is 10.9. The molecule has 0 amide bonds. The molecule has 0 atom stereocenters. The number of halogens is 1. The van der Waals surface area contributed by atoms with Crippen LogP contribution in [0.4, 0.5) is 4.39 Å². The van der Waals surface area contributed by atoms with Gasteiger partial charge in [-0.25, -0.2) is 4.39 Å². The zero-order chi connectivity index (χ0) is 21.8. The van der Waals surface area contributed by atoms with E-state index in [0.717, 1.165) is 53.9 Å². The summed E-state index contributed by atoms with van der Waals surface area (Å²) >= 11 is 0. The maximum absolute atomic E-state index is 15.6. The third-order valence-corrected chi connectivity index (χ3v) is 6.26. The van der Waals surface area contributed by atoms with Crippen molar-refractivity contribution in [2.45, 2.75) is 52.1 Å². The summed E-state index contributed by atoms with van der Waals surface area (Å²) < 4.78 is 15.6. The molecule has 2 aromatic rings. The van der Waals surface area contributed by atoms with Gasteiger partial charge in [-0.1, -0.05) is 24.6 Å². The molecule has 2 aliphatic rings. The van der Waals surface area contributed by atoms with Crippen molar-refractivity contribution in [1.82, 2.24) is 25.5 Å². The quantitative estimate of drug-likeness (QED) is 0.640. The number of rotatable bonds is 7. The van der Waals surface area contributed by atoms with Gasteiger partial charge in [0.1, 0.15) is 5.83 Å². The molecule has 0 bridgehead atoms. The van der Waals surface area contributed by atoms with E-state index in [1.54, 1.807) is 18.5 Å². The molecular formula is C25H32FN5. The van der Waals surface area contributed by atoms with Crippen LogP contribution in [0.15, 0.2) is 65.5 Å². The average molecular weight is 422 g/mol. The summed E-state index contributed by atoms with van der Waals surface area (Å²) in [5.41, 5.74) is 5.53. The highest BCUT2D eigenvalue weighted by molar-refractivity contribution is 5.74. The number of allylic oxidation sites excluding steroid dienone is 4. The van der Waals surface area contributed by atoms with Gasteiger partial charge in [-0.15, -0.1) is 0 Å². The standard InChI is InChI=1S/C25H32FN5/c1-4-18(3)14-20(26)24(31-13-12-30-25(17-31)8-9-25)21(5-2)29-16-19-6-7-22-23(15-19)28-11-10-27-22/h5-7,10-11,14-15,29-30H,4,8-9,12-13,16-17H2,1-3H3/b18-14+,21-5+,24-20-. The Morgan fingerprint density at radius 2 is 2.03 bits per heavy atom. The van der Waals surface area contributed by atoms with Crippen LogP contribution in [0.3, 0.4) is 0 Å². The van der Waals surface area contributed by atoms with E-state index in [-0.39, 0.29) is 11.4 Å². The maximum Gasteiger partial charge on any atom is 0.148 e. The number of nitrogens with one attached hydrogen (secondary N) is 2. The van der Waals surface area contributed by atoms with Crippen LogP contribution in [0, 0.1) is 0 Å². The van der Waals surface area contributed by atoms with Crippen LogP contribution in [0.1, 0.15) is 45.6 Å². The molecule has 1 aromatic carbocycles. The summed E-state index contributed by atoms with van der Waals surface area (Å²) in [6.45, 7) is 9.13. The van der Waals surface area contributed by atoms with Gasteiger partial charge in [-0.2, -0.15) is 0 Å². The number of aromatic nitrogens is 2. The normalized spacial score (nSPS) is 19.5. The maximum atomic E-state index is 15.6. The number of nitrogens with zero attached hydrogens (tertiary/aromatic N) is 3. The Kier molecular flexibility index (Phi) is 6.37. The molecule has 5 nitrogen and oxygen atoms in total. The van der Waals surface area contributed by atoms with E-state index in [0.29, 0.717) is 12.2 Å².